The Balaban J connectivity index is 2.44. The molecule has 1 rings (SSSR count). The summed E-state index contributed by atoms with van der Waals surface area (Å²) in [4.78, 5) is 22.2. The van der Waals surface area contributed by atoms with Crippen molar-refractivity contribution in [1.29, 1.82) is 0 Å². The van der Waals surface area contributed by atoms with Crippen LogP contribution in [0.25, 0.3) is 0 Å². The molecular weight excluding hydrogens is 238 g/mol. The summed E-state index contributed by atoms with van der Waals surface area (Å²) >= 11 is 0. The van der Waals surface area contributed by atoms with Crippen molar-refractivity contribution in [2.24, 2.45) is 0 Å². The first-order valence-electron chi connectivity index (χ1n) is 5.39. The molecule has 2 unspecified atom stereocenters. The molecule has 0 saturated heterocycles. The summed E-state index contributed by atoms with van der Waals surface area (Å²) in [5, 5.41) is 20.1. The number of hydrogen-bond acceptors (Lipinski definition) is 4. The topological polar surface area (TPSA) is 95.9 Å². The van der Waals surface area contributed by atoms with E-state index in [2.05, 4.69) is 5.32 Å². The number of carboxylic acid groups (broad SMARTS) is 1. The molecule has 0 radical (unpaired) electrons. The van der Waals surface area contributed by atoms with E-state index < -0.39 is 24.0 Å². The summed E-state index contributed by atoms with van der Waals surface area (Å²) in [5.41, 5.74) is 0. The van der Waals surface area contributed by atoms with Gasteiger partial charge in [0.15, 0.2) is 12.6 Å². The Hall–Kier alpha value is -2.08. The van der Waals surface area contributed by atoms with Crippen molar-refractivity contribution < 1.29 is 24.5 Å². The van der Waals surface area contributed by atoms with Crippen molar-refractivity contribution in [3.8, 4) is 5.75 Å². The zero-order valence-electron chi connectivity index (χ0n) is 9.87. The van der Waals surface area contributed by atoms with Gasteiger partial charge < -0.3 is 20.3 Å². The lowest BCUT2D eigenvalue weighted by Gasteiger charge is -2.17. The molecule has 0 aliphatic heterocycles. The maximum absolute atomic E-state index is 11.4. The van der Waals surface area contributed by atoms with Gasteiger partial charge in [-0.2, -0.15) is 0 Å². The summed E-state index contributed by atoms with van der Waals surface area (Å²) in [6.07, 6.45) is -1.18. The zero-order chi connectivity index (χ0) is 13.5. The SMILES string of the molecule is CC(O)C(NC(=O)COc1ccccc1)C(=O)O. The van der Waals surface area contributed by atoms with Gasteiger partial charge in [0.05, 0.1) is 6.10 Å². The lowest BCUT2D eigenvalue weighted by Crippen LogP contribution is -2.49. The van der Waals surface area contributed by atoms with Crippen LogP contribution in [0.2, 0.25) is 0 Å². The third-order valence-electron chi connectivity index (χ3n) is 2.18. The number of ether oxygens (including phenoxy) is 1. The maximum Gasteiger partial charge on any atom is 0.328 e. The Morgan fingerprint density at radius 3 is 2.44 bits per heavy atom. The predicted molar refractivity (Wildman–Crippen MR) is 63.2 cm³/mol. The van der Waals surface area contributed by atoms with Crippen LogP contribution in [0.1, 0.15) is 6.92 Å². The van der Waals surface area contributed by atoms with Crippen LogP contribution >= 0.6 is 0 Å². The fourth-order valence-corrected chi connectivity index (χ4v) is 1.27. The highest BCUT2D eigenvalue weighted by Crippen LogP contribution is 2.07. The van der Waals surface area contributed by atoms with Crippen LogP contribution in [0.4, 0.5) is 0 Å². The summed E-state index contributed by atoms with van der Waals surface area (Å²) < 4.78 is 5.14. The standard InChI is InChI=1S/C12H15NO5/c1-8(14)11(12(16)17)13-10(15)7-18-9-5-3-2-4-6-9/h2-6,8,11,14H,7H2,1H3,(H,13,15)(H,16,17). The second kappa shape index (κ2) is 6.61. The molecule has 0 saturated carbocycles. The third-order valence-corrected chi connectivity index (χ3v) is 2.18. The summed E-state index contributed by atoms with van der Waals surface area (Å²) in [6.45, 7) is 0.984. The number of benzene rings is 1. The number of carbonyl (C=O) groups is 2. The monoisotopic (exact) mass is 253 g/mol. The molecule has 0 aliphatic carbocycles. The number of nitrogens with one attached hydrogen (secondary N) is 1. The fourth-order valence-electron chi connectivity index (χ4n) is 1.27. The number of aliphatic hydroxyl groups excluding tert-OH is 1. The van der Waals surface area contributed by atoms with Gasteiger partial charge in [0.25, 0.3) is 5.91 Å². The molecule has 1 aromatic rings. The highest BCUT2D eigenvalue weighted by Gasteiger charge is 2.24. The van der Waals surface area contributed by atoms with E-state index >= 15 is 0 Å². The second-order valence-electron chi connectivity index (χ2n) is 3.73. The van der Waals surface area contributed by atoms with E-state index in [4.69, 9.17) is 9.84 Å². The fraction of sp³-hybridized carbons (Fsp3) is 0.333. The van der Waals surface area contributed by atoms with Crippen molar-refractivity contribution >= 4 is 11.9 Å². The first-order chi connectivity index (χ1) is 8.50. The number of aliphatic carboxylic acids is 1. The molecule has 98 valence electrons. The number of hydrogen-bond donors (Lipinski definition) is 3. The van der Waals surface area contributed by atoms with Gasteiger partial charge >= 0.3 is 5.97 Å². The van der Waals surface area contributed by atoms with Gasteiger partial charge in [-0.3, -0.25) is 4.79 Å². The van der Waals surface area contributed by atoms with E-state index in [1.807, 2.05) is 0 Å². The number of carbonyl (C=O) groups excluding carboxylic acids is 1. The van der Waals surface area contributed by atoms with Crippen molar-refractivity contribution in [2.45, 2.75) is 19.1 Å². The van der Waals surface area contributed by atoms with Gasteiger partial charge in [-0.1, -0.05) is 18.2 Å². The molecule has 6 nitrogen and oxygen atoms in total. The molecule has 0 fully saturated rings. The summed E-state index contributed by atoms with van der Waals surface area (Å²) in [6, 6.07) is 7.33. The van der Waals surface area contributed by atoms with E-state index in [1.165, 1.54) is 6.92 Å². The molecule has 2 atom stereocenters. The minimum atomic E-state index is -1.34. The number of amides is 1. The predicted octanol–water partition coefficient (Wildman–Crippen LogP) is 0.0156. The Morgan fingerprint density at radius 1 is 1.33 bits per heavy atom. The second-order valence-corrected chi connectivity index (χ2v) is 3.73. The van der Waals surface area contributed by atoms with Crippen LogP contribution in [0.5, 0.6) is 5.75 Å². The lowest BCUT2D eigenvalue weighted by atomic mass is 10.2. The quantitative estimate of drug-likeness (QED) is 0.664. The number of para-hydroxylation sites is 1. The number of carboxylic acids is 1. The van der Waals surface area contributed by atoms with Crippen LogP contribution in [-0.4, -0.2) is 40.8 Å². The minimum Gasteiger partial charge on any atom is -0.484 e. The average Bonchev–Trinajstić information content (AvgIpc) is 2.34. The molecule has 0 heterocycles. The van der Waals surface area contributed by atoms with Crippen LogP contribution in [0.15, 0.2) is 30.3 Å². The van der Waals surface area contributed by atoms with Gasteiger partial charge in [0.1, 0.15) is 5.75 Å². The molecule has 0 aromatic heterocycles. The van der Waals surface area contributed by atoms with Crippen LogP contribution in [0.3, 0.4) is 0 Å². The zero-order valence-corrected chi connectivity index (χ0v) is 9.87. The molecule has 1 amide bonds. The molecule has 18 heavy (non-hydrogen) atoms. The first kappa shape index (κ1) is 14.0. The highest BCUT2D eigenvalue weighted by molar-refractivity contribution is 5.84. The Kier molecular flexibility index (Phi) is 5.13. The van der Waals surface area contributed by atoms with Crippen molar-refractivity contribution in [3.05, 3.63) is 30.3 Å². The number of rotatable bonds is 6. The van der Waals surface area contributed by atoms with Gasteiger partial charge in [-0.05, 0) is 19.1 Å². The van der Waals surface area contributed by atoms with E-state index in [1.54, 1.807) is 30.3 Å². The Morgan fingerprint density at radius 2 is 1.94 bits per heavy atom. The van der Waals surface area contributed by atoms with Crippen LogP contribution in [0, 0.1) is 0 Å². The number of aliphatic hydroxyl groups is 1. The normalized spacial score (nSPS) is 13.4. The smallest absolute Gasteiger partial charge is 0.328 e. The molecule has 0 bridgehead atoms. The maximum atomic E-state index is 11.4. The van der Waals surface area contributed by atoms with Crippen LogP contribution < -0.4 is 10.1 Å². The van der Waals surface area contributed by atoms with Gasteiger partial charge in [-0.25, -0.2) is 4.79 Å². The van der Waals surface area contributed by atoms with E-state index in [0.717, 1.165) is 0 Å². The Bertz CT molecular complexity index is 404. The van der Waals surface area contributed by atoms with E-state index in [-0.39, 0.29) is 6.61 Å². The van der Waals surface area contributed by atoms with Crippen LogP contribution in [-0.2, 0) is 9.59 Å². The van der Waals surface area contributed by atoms with Crippen molar-refractivity contribution in [1.82, 2.24) is 5.32 Å². The highest BCUT2D eigenvalue weighted by atomic mass is 16.5. The van der Waals surface area contributed by atoms with Gasteiger partial charge in [0.2, 0.25) is 0 Å². The molecule has 1 aromatic carbocycles. The van der Waals surface area contributed by atoms with Gasteiger partial charge in [-0.15, -0.1) is 0 Å². The van der Waals surface area contributed by atoms with Crippen molar-refractivity contribution in [2.75, 3.05) is 6.61 Å². The molecule has 0 aliphatic rings. The summed E-state index contributed by atoms with van der Waals surface area (Å²) in [5.74, 6) is -1.39. The summed E-state index contributed by atoms with van der Waals surface area (Å²) in [7, 11) is 0. The molecular formula is C12H15NO5. The first-order valence-corrected chi connectivity index (χ1v) is 5.39. The molecule has 3 N–H and O–H groups in total. The lowest BCUT2D eigenvalue weighted by molar-refractivity contribution is -0.145. The third kappa shape index (κ3) is 4.42. The van der Waals surface area contributed by atoms with E-state index in [9.17, 15) is 14.7 Å². The van der Waals surface area contributed by atoms with Crippen molar-refractivity contribution in [3.63, 3.8) is 0 Å². The molecule has 6 heteroatoms. The average molecular weight is 253 g/mol. The van der Waals surface area contributed by atoms with Gasteiger partial charge in [0, 0.05) is 0 Å². The van der Waals surface area contributed by atoms with E-state index in [0.29, 0.717) is 5.75 Å². The largest absolute Gasteiger partial charge is 0.484 e. The molecule has 0 spiro atoms. The minimum absolute atomic E-state index is 0.305. The Labute approximate surface area is 104 Å².